The SMILES string of the molecule is CC1=C2C(=CC1)c1ccccc1B(N(C)C)c1ccccc12. The highest BCUT2D eigenvalue weighted by atomic mass is 15.0. The molecule has 1 heterocycles. The number of rotatable bonds is 1. The fraction of sp³-hybridized carbons (Fsp3) is 0.200. The van der Waals surface area contributed by atoms with Crippen molar-refractivity contribution in [3.8, 4) is 0 Å². The third-order valence-electron chi connectivity index (χ3n) is 4.90. The molecule has 4 rings (SSSR count). The van der Waals surface area contributed by atoms with E-state index in [1.165, 1.54) is 38.8 Å². The van der Waals surface area contributed by atoms with Gasteiger partial charge in [-0.3, -0.25) is 0 Å². The van der Waals surface area contributed by atoms with E-state index in [0.717, 1.165) is 6.42 Å². The Balaban J connectivity index is 2.12. The predicted octanol–water partition coefficient (Wildman–Crippen LogP) is 2.93. The van der Waals surface area contributed by atoms with Gasteiger partial charge >= 0.3 is 0 Å². The number of hydrogen-bond acceptors (Lipinski definition) is 1. The van der Waals surface area contributed by atoms with Crippen LogP contribution in [0.4, 0.5) is 0 Å². The lowest BCUT2D eigenvalue weighted by molar-refractivity contribution is 0.658. The molecule has 0 bridgehead atoms. The van der Waals surface area contributed by atoms with Crippen molar-refractivity contribution in [1.82, 2.24) is 4.81 Å². The first-order valence-electron chi connectivity index (χ1n) is 7.94. The zero-order chi connectivity index (χ0) is 15.3. The van der Waals surface area contributed by atoms with Crippen LogP contribution in [0.15, 0.2) is 60.2 Å². The first-order chi connectivity index (χ1) is 10.7. The van der Waals surface area contributed by atoms with Crippen molar-refractivity contribution in [1.29, 1.82) is 0 Å². The smallest absolute Gasteiger partial charge is 0.292 e. The molecule has 108 valence electrons. The second-order valence-corrected chi connectivity index (χ2v) is 6.52. The van der Waals surface area contributed by atoms with Crippen LogP contribution in [0.2, 0.25) is 0 Å². The van der Waals surface area contributed by atoms with Crippen molar-refractivity contribution in [2.24, 2.45) is 0 Å². The molecule has 2 aromatic rings. The minimum atomic E-state index is 0.305. The van der Waals surface area contributed by atoms with Crippen LogP contribution in [-0.4, -0.2) is 25.8 Å². The summed E-state index contributed by atoms with van der Waals surface area (Å²) in [4.78, 5) is 2.33. The van der Waals surface area contributed by atoms with Crippen LogP contribution < -0.4 is 10.9 Å². The lowest BCUT2D eigenvalue weighted by atomic mass is 9.48. The molecule has 1 aliphatic heterocycles. The van der Waals surface area contributed by atoms with Gasteiger partial charge in [0.2, 0.25) is 0 Å². The molecule has 0 fully saturated rings. The second kappa shape index (κ2) is 5.00. The first kappa shape index (κ1) is 13.6. The molecule has 0 N–H and O–H groups in total. The number of benzene rings is 2. The maximum Gasteiger partial charge on any atom is 0.292 e. The minimum absolute atomic E-state index is 0.305. The van der Waals surface area contributed by atoms with E-state index in [0.29, 0.717) is 6.85 Å². The van der Waals surface area contributed by atoms with Gasteiger partial charge in [0.25, 0.3) is 6.85 Å². The molecule has 0 radical (unpaired) electrons. The van der Waals surface area contributed by atoms with Crippen LogP contribution in [0.1, 0.15) is 24.5 Å². The minimum Gasteiger partial charge on any atom is -0.340 e. The molecule has 0 aromatic heterocycles. The Labute approximate surface area is 133 Å². The van der Waals surface area contributed by atoms with Crippen LogP contribution in [0, 0.1) is 0 Å². The summed E-state index contributed by atoms with van der Waals surface area (Å²) in [5.74, 6) is 0. The molecule has 0 atom stereocenters. The van der Waals surface area contributed by atoms with E-state index in [1.807, 2.05) is 0 Å². The van der Waals surface area contributed by atoms with Crippen LogP contribution in [0.3, 0.4) is 0 Å². The van der Waals surface area contributed by atoms with Crippen LogP contribution in [0.25, 0.3) is 11.1 Å². The number of allylic oxidation sites excluding steroid dienone is 4. The van der Waals surface area contributed by atoms with Gasteiger partial charge in [-0.2, -0.15) is 0 Å². The van der Waals surface area contributed by atoms with Gasteiger partial charge in [-0.25, -0.2) is 0 Å². The van der Waals surface area contributed by atoms with Gasteiger partial charge in [0.15, 0.2) is 0 Å². The van der Waals surface area contributed by atoms with Gasteiger partial charge in [0.05, 0.1) is 0 Å². The second-order valence-electron chi connectivity index (χ2n) is 6.52. The van der Waals surface area contributed by atoms with Gasteiger partial charge in [-0.15, -0.1) is 0 Å². The summed E-state index contributed by atoms with van der Waals surface area (Å²) in [6.07, 6.45) is 3.47. The van der Waals surface area contributed by atoms with E-state index in [9.17, 15) is 0 Å². The number of nitrogens with zero attached hydrogens (tertiary/aromatic N) is 1. The standard InChI is InChI=1S/C20H20BN/c1-14-12-13-16-15-8-4-6-10-18(15)21(22(2)3)19-11-7-5-9-17(19)20(14)16/h4-11,13H,12H2,1-3H3. The zero-order valence-corrected chi connectivity index (χ0v) is 13.4. The summed E-state index contributed by atoms with van der Waals surface area (Å²) in [5, 5.41) is 0. The Kier molecular flexibility index (Phi) is 3.09. The highest BCUT2D eigenvalue weighted by Crippen LogP contribution is 2.40. The zero-order valence-electron chi connectivity index (χ0n) is 13.4. The van der Waals surface area contributed by atoms with Gasteiger partial charge in [0.1, 0.15) is 0 Å². The summed E-state index contributed by atoms with van der Waals surface area (Å²) < 4.78 is 0. The van der Waals surface area contributed by atoms with Gasteiger partial charge < -0.3 is 4.81 Å². The monoisotopic (exact) mass is 285 g/mol. The van der Waals surface area contributed by atoms with Crippen molar-refractivity contribution < 1.29 is 0 Å². The Morgan fingerprint density at radius 1 is 0.864 bits per heavy atom. The largest absolute Gasteiger partial charge is 0.340 e. The lowest BCUT2D eigenvalue weighted by Crippen LogP contribution is -2.54. The van der Waals surface area contributed by atoms with Gasteiger partial charge in [0, 0.05) is 0 Å². The molecule has 0 unspecified atom stereocenters. The fourth-order valence-electron chi connectivity index (χ4n) is 3.98. The molecule has 22 heavy (non-hydrogen) atoms. The van der Waals surface area contributed by atoms with Crippen molar-refractivity contribution in [2.45, 2.75) is 13.3 Å². The molecule has 0 amide bonds. The van der Waals surface area contributed by atoms with Crippen molar-refractivity contribution in [3.05, 3.63) is 71.3 Å². The maximum absolute atomic E-state index is 2.40. The van der Waals surface area contributed by atoms with E-state index < -0.39 is 0 Å². The average Bonchev–Trinajstić information content (AvgIpc) is 2.84. The number of fused-ring (bicyclic) bond motifs is 5. The van der Waals surface area contributed by atoms with Crippen molar-refractivity contribution in [2.75, 3.05) is 14.1 Å². The molecule has 1 nitrogen and oxygen atoms in total. The van der Waals surface area contributed by atoms with Gasteiger partial charge in [-0.05, 0) is 60.6 Å². The first-order valence-corrected chi connectivity index (χ1v) is 7.94. The third kappa shape index (κ3) is 1.84. The molecular weight excluding hydrogens is 265 g/mol. The summed E-state index contributed by atoms with van der Waals surface area (Å²) in [6.45, 7) is 2.58. The molecule has 2 heteroatoms. The van der Waals surface area contributed by atoms with E-state index in [2.05, 4.69) is 80.4 Å². The summed E-state index contributed by atoms with van der Waals surface area (Å²) >= 11 is 0. The summed E-state index contributed by atoms with van der Waals surface area (Å²) in [6, 6.07) is 17.8. The highest BCUT2D eigenvalue weighted by molar-refractivity contribution is 6.84. The molecule has 0 spiro atoms. The van der Waals surface area contributed by atoms with Crippen LogP contribution >= 0.6 is 0 Å². The highest BCUT2D eigenvalue weighted by Gasteiger charge is 2.34. The molecule has 0 saturated carbocycles. The van der Waals surface area contributed by atoms with Crippen LogP contribution in [0.5, 0.6) is 0 Å². The van der Waals surface area contributed by atoms with E-state index in [1.54, 1.807) is 0 Å². The van der Waals surface area contributed by atoms with E-state index in [4.69, 9.17) is 0 Å². The van der Waals surface area contributed by atoms with E-state index >= 15 is 0 Å². The molecule has 0 saturated heterocycles. The molecule has 2 aliphatic rings. The third-order valence-corrected chi connectivity index (χ3v) is 4.90. The van der Waals surface area contributed by atoms with Crippen molar-refractivity contribution >= 4 is 28.9 Å². The van der Waals surface area contributed by atoms with Crippen molar-refractivity contribution in [3.63, 3.8) is 0 Å². The maximum atomic E-state index is 2.40. The Morgan fingerprint density at radius 2 is 1.45 bits per heavy atom. The molecular formula is C20H20BN. The lowest BCUT2D eigenvalue weighted by Gasteiger charge is -2.23. The fourth-order valence-corrected chi connectivity index (χ4v) is 3.98. The summed E-state index contributed by atoms with van der Waals surface area (Å²) in [7, 11) is 4.35. The number of hydrogen-bond donors (Lipinski definition) is 0. The predicted molar refractivity (Wildman–Crippen MR) is 96.8 cm³/mol. The van der Waals surface area contributed by atoms with Crippen LogP contribution in [-0.2, 0) is 0 Å². The quantitative estimate of drug-likeness (QED) is 0.728. The molecule has 1 aliphatic carbocycles. The summed E-state index contributed by atoms with van der Waals surface area (Å²) in [5.41, 5.74) is 9.98. The Bertz CT molecular complexity index is 814. The van der Waals surface area contributed by atoms with Gasteiger partial charge in [-0.1, -0.05) is 60.2 Å². The molecule has 2 aromatic carbocycles. The average molecular weight is 285 g/mol. The Hall–Kier alpha value is -2.06. The topological polar surface area (TPSA) is 3.24 Å². The van der Waals surface area contributed by atoms with E-state index in [-0.39, 0.29) is 0 Å². The Morgan fingerprint density at radius 3 is 2.14 bits per heavy atom. The normalized spacial score (nSPS) is 16.2.